The number of cyclic esters (lactones) is 1. The van der Waals surface area contributed by atoms with Gasteiger partial charge in [0.2, 0.25) is 5.91 Å². The molecule has 1 fully saturated rings. The van der Waals surface area contributed by atoms with Gasteiger partial charge in [0.25, 0.3) is 5.91 Å². The first kappa shape index (κ1) is 27.9. The van der Waals surface area contributed by atoms with Gasteiger partial charge in [0.05, 0.1) is 19.1 Å². The third-order valence-electron chi connectivity index (χ3n) is 5.61. The Morgan fingerprint density at radius 3 is 2.69 bits per heavy atom. The summed E-state index contributed by atoms with van der Waals surface area (Å²) in [7, 11) is 1.32. The van der Waals surface area contributed by atoms with E-state index in [9.17, 15) is 24.3 Å². The summed E-state index contributed by atoms with van der Waals surface area (Å²) < 4.78 is 16.0. The first-order valence-electron chi connectivity index (χ1n) is 11.8. The molecule has 1 aromatic rings. The van der Waals surface area contributed by atoms with Gasteiger partial charge in [-0.2, -0.15) is 0 Å². The lowest BCUT2D eigenvalue weighted by molar-refractivity contribution is -0.164. The second-order valence-corrected chi connectivity index (χ2v) is 8.96. The number of carbonyl (C=O) groups excluding carboxylic acids is 4. The summed E-state index contributed by atoms with van der Waals surface area (Å²) in [6.07, 6.45) is 2.43. The summed E-state index contributed by atoms with van der Waals surface area (Å²) in [5.41, 5.74) is -0.349. The van der Waals surface area contributed by atoms with Crippen molar-refractivity contribution in [2.75, 3.05) is 13.7 Å². The number of hydrogen-bond donors (Lipinski definition) is 3. The van der Waals surface area contributed by atoms with Gasteiger partial charge in [0.15, 0.2) is 17.2 Å². The minimum Gasteiger partial charge on any atom is -0.503 e. The fraction of sp³-hybridized carbons (Fsp3) is 0.625. The number of pyridine rings is 1. The van der Waals surface area contributed by atoms with E-state index in [0.717, 1.165) is 6.42 Å². The molecule has 1 aliphatic rings. The molecule has 2 heterocycles. The topological polar surface area (TPSA) is 153 Å². The van der Waals surface area contributed by atoms with Crippen molar-refractivity contribution in [2.24, 2.45) is 11.8 Å². The maximum Gasteiger partial charge on any atom is 0.312 e. The summed E-state index contributed by atoms with van der Waals surface area (Å²) in [5, 5.41) is 15.4. The Hall–Kier alpha value is -3.37. The molecule has 1 aromatic heterocycles. The molecule has 0 spiro atoms. The van der Waals surface area contributed by atoms with Crippen molar-refractivity contribution in [3.8, 4) is 11.5 Å². The van der Waals surface area contributed by atoms with Crippen LogP contribution in [0.1, 0.15) is 63.9 Å². The average molecular weight is 494 g/mol. The van der Waals surface area contributed by atoms with Crippen molar-refractivity contribution in [1.82, 2.24) is 15.6 Å². The molecular weight excluding hydrogens is 458 g/mol. The Morgan fingerprint density at radius 1 is 1.34 bits per heavy atom. The zero-order valence-electron chi connectivity index (χ0n) is 20.8. The molecule has 0 bridgehead atoms. The number of ether oxygens (including phenoxy) is 3. The number of methoxy groups -OCH3 is 1. The largest absolute Gasteiger partial charge is 0.503 e. The molecule has 0 aromatic carbocycles. The van der Waals surface area contributed by atoms with E-state index in [1.165, 1.54) is 19.4 Å². The van der Waals surface area contributed by atoms with Crippen molar-refractivity contribution in [1.29, 1.82) is 0 Å². The molecule has 35 heavy (non-hydrogen) atoms. The predicted octanol–water partition coefficient (Wildman–Crippen LogP) is 1.72. The van der Waals surface area contributed by atoms with Gasteiger partial charge >= 0.3 is 11.9 Å². The summed E-state index contributed by atoms with van der Waals surface area (Å²) in [6.45, 7) is 6.92. The monoisotopic (exact) mass is 493 g/mol. The number of unbranched alkanes of at least 4 members (excludes halogenated alkanes) is 1. The molecule has 194 valence electrons. The highest BCUT2D eigenvalue weighted by Crippen LogP contribution is 2.28. The lowest BCUT2D eigenvalue weighted by Crippen LogP contribution is -2.54. The minimum atomic E-state index is -1.27. The fourth-order valence-corrected chi connectivity index (χ4v) is 3.76. The van der Waals surface area contributed by atoms with Gasteiger partial charge in [-0.1, -0.05) is 33.6 Å². The van der Waals surface area contributed by atoms with Crippen LogP contribution in [0.15, 0.2) is 12.3 Å². The van der Waals surface area contributed by atoms with Crippen LogP contribution in [0.2, 0.25) is 0 Å². The van der Waals surface area contributed by atoms with Crippen LogP contribution in [-0.4, -0.2) is 65.7 Å². The van der Waals surface area contributed by atoms with Crippen LogP contribution in [0.3, 0.4) is 0 Å². The van der Waals surface area contributed by atoms with E-state index in [1.54, 1.807) is 6.92 Å². The average Bonchev–Trinajstić information content (AvgIpc) is 2.83. The Balaban J connectivity index is 2.26. The molecule has 1 aliphatic heterocycles. The van der Waals surface area contributed by atoms with Crippen LogP contribution in [-0.2, 0) is 23.9 Å². The number of carbonyl (C=O) groups is 4. The Bertz CT molecular complexity index is 920. The minimum absolute atomic E-state index is 0.0361. The van der Waals surface area contributed by atoms with E-state index in [-0.39, 0.29) is 23.8 Å². The molecule has 11 nitrogen and oxygen atoms in total. The molecule has 11 heteroatoms. The SMILES string of the molecule is CCCCC1C(=O)OCC(NC(=O)c2nccc(OC)c2O)C(=O)NC(C)C1OC(=O)CC(C)C. The maximum atomic E-state index is 13.0. The Kier molecular flexibility index (Phi) is 10.3. The van der Waals surface area contributed by atoms with Crippen LogP contribution in [0.25, 0.3) is 0 Å². The molecule has 2 amide bonds. The second-order valence-electron chi connectivity index (χ2n) is 8.96. The molecule has 0 aliphatic carbocycles. The van der Waals surface area contributed by atoms with E-state index in [0.29, 0.717) is 12.8 Å². The quantitative estimate of drug-likeness (QED) is 0.436. The van der Waals surface area contributed by atoms with Gasteiger partial charge in [0.1, 0.15) is 18.8 Å². The van der Waals surface area contributed by atoms with E-state index >= 15 is 0 Å². The molecule has 2 rings (SSSR count). The molecular formula is C24H35N3O8. The van der Waals surface area contributed by atoms with Crippen LogP contribution in [0.5, 0.6) is 11.5 Å². The summed E-state index contributed by atoms with van der Waals surface area (Å²) >= 11 is 0. The number of aromatic nitrogens is 1. The van der Waals surface area contributed by atoms with Crippen LogP contribution >= 0.6 is 0 Å². The summed E-state index contributed by atoms with van der Waals surface area (Å²) in [6, 6.07) is -0.619. The standard InChI is InChI=1S/C24H35N3O8/c1-6-7-8-15-21(35-18(28)11-13(2)3)14(4)26-22(30)16(12-34-24(15)32)27-23(31)19-20(29)17(33-5)9-10-25-19/h9-10,13-16,21,29H,6-8,11-12H2,1-5H3,(H,26,30)(H,27,31). The number of hydrogen-bond acceptors (Lipinski definition) is 9. The highest BCUT2D eigenvalue weighted by molar-refractivity contribution is 5.98. The molecule has 4 unspecified atom stereocenters. The fourth-order valence-electron chi connectivity index (χ4n) is 3.76. The van der Waals surface area contributed by atoms with Crippen molar-refractivity contribution >= 4 is 23.8 Å². The number of nitrogens with one attached hydrogen (secondary N) is 2. The number of rotatable bonds is 9. The lowest BCUT2D eigenvalue weighted by Gasteiger charge is -2.30. The normalized spacial score (nSPS) is 22.8. The number of nitrogens with zero attached hydrogens (tertiary/aromatic N) is 1. The van der Waals surface area contributed by atoms with E-state index in [2.05, 4.69) is 15.6 Å². The van der Waals surface area contributed by atoms with Crippen LogP contribution in [0.4, 0.5) is 0 Å². The number of amides is 2. The number of esters is 2. The van der Waals surface area contributed by atoms with Gasteiger partial charge in [0, 0.05) is 18.7 Å². The zero-order chi connectivity index (χ0) is 26.1. The van der Waals surface area contributed by atoms with E-state index in [4.69, 9.17) is 14.2 Å². The van der Waals surface area contributed by atoms with Crippen molar-refractivity contribution in [3.63, 3.8) is 0 Å². The maximum absolute atomic E-state index is 13.0. The molecule has 3 N–H and O–H groups in total. The number of aromatic hydroxyl groups is 1. The van der Waals surface area contributed by atoms with Crippen molar-refractivity contribution in [2.45, 2.75) is 71.6 Å². The highest BCUT2D eigenvalue weighted by atomic mass is 16.6. The first-order chi connectivity index (χ1) is 16.6. The van der Waals surface area contributed by atoms with Crippen LogP contribution < -0.4 is 15.4 Å². The Morgan fingerprint density at radius 2 is 2.06 bits per heavy atom. The molecule has 4 atom stereocenters. The van der Waals surface area contributed by atoms with Gasteiger partial charge in [-0.3, -0.25) is 19.2 Å². The predicted molar refractivity (Wildman–Crippen MR) is 125 cm³/mol. The second kappa shape index (κ2) is 12.9. The highest BCUT2D eigenvalue weighted by Gasteiger charge is 2.40. The Labute approximate surface area is 204 Å². The van der Waals surface area contributed by atoms with Gasteiger partial charge in [-0.25, -0.2) is 4.98 Å². The van der Waals surface area contributed by atoms with Gasteiger partial charge < -0.3 is 30.0 Å². The van der Waals surface area contributed by atoms with Crippen molar-refractivity contribution < 1.29 is 38.5 Å². The molecule has 0 radical (unpaired) electrons. The molecule has 1 saturated heterocycles. The smallest absolute Gasteiger partial charge is 0.312 e. The first-order valence-corrected chi connectivity index (χ1v) is 11.8. The molecule has 0 saturated carbocycles. The van der Waals surface area contributed by atoms with Crippen LogP contribution in [0, 0.1) is 11.8 Å². The van der Waals surface area contributed by atoms with Gasteiger partial charge in [-0.15, -0.1) is 0 Å². The van der Waals surface area contributed by atoms with E-state index < -0.39 is 60.2 Å². The third kappa shape index (κ3) is 7.56. The summed E-state index contributed by atoms with van der Waals surface area (Å²) in [4.78, 5) is 55.0. The summed E-state index contributed by atoms with van der Waals surface area (Å²) in [5.74, 6) is -3.75. The third-order valence-corrected chi connectivity index (χ3v) is 5.61. The van der Waals surface area contributed by atoms with E-state index in [1.807, 2.05) is 20.8 Å². The van der Waals surface area contributed by atoms with Gasteiger partial charge in [-0.05, 0) is 19.3 Å². The van der Waals surface area contributed by atoms with Crippen molar-refractivity contribution in [3.05, 3.63) is 18.0 Å². The zero-order valence-corrected chi connectivity index (χ0v) is 20.8. The lowest BCUT2D eigenvalue weighted by atomic mass is 9.91.